The predicted molar refractivity (Wildman–Crippen MR) is 62.1 cm³/mol. The van der Waals surface area contributed by atoms with Crippen LogP contribution < -0.4 is 5.32 Å². The third-order valence-corrected chi connectivity index (χ3v) is 3.15. The fourth-order valence-corrected chi connectivity index (χ4v) is 2.15. The average molecular weight is 205 g/mol. The maximum atomic E-state index is 5.01. The van der Waals surface area contributed by atoms with Crippen molar-refractivity contribution in [3.05, 3.63) is 35.9 Å². The quantitative estimate of drug-likeness (QED) is 0.744. The fraction of sp³-hybridized carbons (Fsp3) is 0.538. The van der Waals surface area contributed by atoms with Crippen LogP contribution in [0.1, 0.15) is 24.3 Å². The summed E-state index contributed by atoms with van der Waals surface area (Å²) in [7, 11) is 1.75. The molecule has 0 atom stereocenters. The van der Waals surface area contributed by atoms with Gasteiger partial charge in [-0.3, -0.25) is 0 Å². The molecule has 2 heteroatoms. The Morgan fingerprint density at radius 1 is 1.27 bits per heavy atom. The lowest BCUT2D eigenvalue weighted by atomic mass is 9.76. The van der Waals surface area contributed by atoms with Crippen LogP contribution in [0.15, 0.2) is 30.3 Å². The third kappa shape index (κ3) is 2.80. The molecule has 1 aliphatic rings. The molecule has 1 fully saturated rings. The lowest BCUT2D eigenvalue weighted by molar-refractivity contribution is 0.184. The number of rotatable bonds is 5. The molecule has 15 heavy (non-hydrogen) atoms. The van der Waals surface area contributed by atoms with Crippen molar-refractivity contribution in [1.82, 2.24) is 5.32 Å². The van der Waals surface area contributed by atoms with Gasteiger partial charge in [0, 0.05) is 19.7 Å². The number of benzene rings is 1. The van der Waals surface area contributed by atoms with Crippen molar-refractivity contribution in [2.45, 2.75) is 24.8 Å². The minimum Gasteiger partial charge on any atom is -0.383 e. The molecule has 1 aliphatic carbocycles. The molecule has 0 unspecified atom stereocenters. The number of ether oxygens (including phenoxy) is 1. The Labute approximate surface area is 91.6 Å². The van der Waals surface area contributed by atoms with Gasteiger partial charge < -0.3 is 10.1 Å². The van der Waals surface area contributed by atoms with Gasteiger partial charge in [-0.1, -0.05) is 30.3 Å². The molecule has 2 nitrogen and oxygen atoms in total. The highest BCUT2D eigenvalue weighted by atomic mass is 16.5. The first kappa shape index (κ1) is 10.7. The summed E-state index contributed by atoms with van der Waals surface area (Å²) in [4.78, 5) is 0. The molecular formula is C13H19NO. The summed E-state index contributed by atoms with van der Waals surface area (Å²) in [6, 6.07) is 11.5. The number of hydrogen-bond acceptors (Lipinski definition) is 2. The van der Waals surface area contributed by atoms with Gasteiger partial charge in [-0.2, -0.15) is 0 Å². The van der Waals surface area contributed by atoms with Gasteiger partial charge in [-0.25, -0.2) is 0 Å². The van der Waals surface area contributed by atoms with Crippen LogP contribution in [0.5, 0.6) is 0 Å². The van der Waals surface area contributed by atoms with E-state index in [1.54, 1.807) is 7.11 Å². The van der Waals surface area contributed by atoms with E-state index in [1.807, 2.05) is 0 Å². The molecule has 1 N–H and O–H groups in total. The molecule has 1 saturated carbocycles. The molecule has 0 saturated heterocycles. The van der Waals surface area contributed by atoms with Crippen LogP contribution in [0.4, 0.5) is 0 Å². The first-order valence-corrected chi connectivity index (χ1v) is 5.67. The smallest absolute Gasteiger partial charge is 0.0587 e. The molecule has 1 aromatic rings. The summed E-state index contributed by atoms with van der Waals surface area (Å²) in [5.74, 6) is 0.770. The molecule has 0 aromatic heterocycles. The zero-order chi connectivity index (χ0) is 10.5. The van der Waals surface area contributed by atoms with E-state index in [1.165, 1.54) is 18.4 Å². The van der Waals surface area contributed by atoms with Gasteiger partial charge in [0.05, 0.1) is 6.61 Å². The van der Waals surface area contributed by atoms with Crippen molar-refractivity contribution < 1.29 is 4.74 Å². The summed E-state index contributed by atoms with van der Waals surface area (Å²) in [5, 5.41) is 3.49. The monoisotopic (exact) mass is 205 g/mol. The lowest BCUT2D eigenvalue weighted by Gasteiger charge is -2.36. The van der Waals surface area contributed by atoms with Crippen molar-refractivity contribution in [2.75, 3.05) is 20.3 Å². The van der Waals surface area contributed by atoms with Crippen LogP contribution in [0.25, 0.3) is 0 Å². The molecule has 2 rings (SSSR count). The van der Waals surface area contributed by atoms with E-state index in [-0.39, 0.29) is 0 Å². The summed E-state index contributed by atoms with van der Waals surface area (Å²) in [6.45, 7) is 1.79. The van der Waals surface area contributed by atoms with Gasteiger partial charge in [0.1, 0.15) is 0 Å². The van der Waals surface area contributed by atoms with Gasteiger partial charge in [-0.05, 0) is 24.3 Å². The van der Waals surface area contributed by atoms with Crippen molar-refractivity contribution in [3.8, 4) is 0 Å². The average Bonchev–Trinajstić information content (AvgIpc) is 2.23. The van der Waals surface area contributed by atoms with Crippen LogP contribution in [0.2, 0.25) is 0 Å². The van der Waals surface area contributed by atoms with Crippen molar-refractivity contribution in [3.63, 3.8) is 0 Å². The Bertz CT molecular complexity index is 280. The van der Waals surface area contributed by atoms with Crippen molar-refractivity contribution in [1.29, 1.82) is 0 Å². The number of hydrogen-bond donors (Lipinski definition) is 1. The minimum absolute atomic E-state index is 0.699. The van der Waals surface area contributed by atoms with E-state index in [0.29, 0.717) is 6.04 Å². The minimum atomic E-state index is 0.699. The van der Waals surface area contributed by atoms with Crippen LogP contribution in [0, 0.1) is 0 Å². The zero-order valence-electron chi connectivity index (χ0n) is 9.28. The standard InChI is InChI=1S/C13H19NO/c1-15-8-7-14-13-9-12(10-13)11-5-3-2-4-6-11/h2-6,12-14H,7-10H2,1H3. The van der Waals surface area contributed by atoms with Gasteiger partial charge in [0.15, 0.2) is 0 Å². The Morgan fingerprint density at radius 2 is 2.00 bits per heavy atom. The van der Waals surface area contributed by atoms with Gasteiger partial charge in [0.2, 0.25) is 0 Å². The molecule has 0 aliphatic heterocycles. The van der Waals surface area contributed by atoms with Gasteiger partial charge in [0.25, 0.3) is 0 Å². The van der Waals surface area contributed by atoms with E-state index >= 15 is 0 Å². The Hall–Kier alpha value is -0.860. The van der Waals surface area contributed by atoms with Gasteiger partial charge in [-0.15, -0.1) is 0 Å². The second kappa shape index (κ2) is 5.29. The summed E-state index contributed by atoms with van der Waals surface area (Å²) in [5.41, 5.74) is 1.49. The molecule has 1 aromatic carbocycles. The molecule has 0 heterocycles. The van der Waals surface area contributed by atoms with Crippen LogP contribution in [-0.2, 0) is 4.74 Å². The Kier molecular flexibility index (Phi) is 3.75. The van der Waals surface area contributed by atoms with E-state index in [4.69, 9.17) is 4.74 Å². The topological polar surface area (TPSA) is 21.3 Å². The van der Waals surface area contributed by atoms with Crippen molar-refractivity contribution >= 4 is 0 Å². The van der Waals surface area contributed by atoms with E-state index in [9.17, 15) is 0 Å². The summed E-state index contributed by atoms with van der Waals surface area (Å²) in [6.07, 6.45) is 2.54. The number of nitrogens with one attached hydrogen (secondary N) is 1. The van der Waals surface area contributed by atoms with E-state index in [2.05, 4.69) is 35.6 Å². The highest BCUT2D eigenvalue weighted by Crippen LogP contribution is 2.36. The first-order chi connectivity index (χ1) is 7.40. The highest BCUT2D eigenvalue weighted by molar-refractivity contribution is 5.22. The SMILES string of the molecule is COCCNC1CC(c2ccccc2)C1. The second-order valence-electron chi connectivity index (χ2n) is 4.22. The lowest BCUT2D eigenvalue weighted by Crippen LogP contribution is -2.41. The Morgan fingerprint density at radius 3 is 2.67 bits per heavy atom. The first-order valence-electron chi connectivity index (χ1n) is 5.67. The molecule has 82 valence electrons. The molecule has 0 radical (unpaired) electrons. The summed E-state index contributed by atoms with van der Waals surface area (Å²) >= 11 is 0. The largest absolute Gasteiger partial charge is 0.383 e. The van der Waals surface area contributed by atoms with Crippen molar-refractivity contribution in [2.24, 2.45) is 0 Å². The second-order valence-corrected chi connectivity index (χ2v) is 4.22. The van der Waals surface area contributed by atoms with E-state index in [0.717, 1.165) is 19.1 Å². The highest BCUT2D eigenvalue weighted by Gasteiger charge is 2.29. The third-order valence-electron chi connectivity index (χ3n) is 3.15. The van der Waals surface area contributed by atoms with Crippen LogP contribution in [0.3, 0.4) is 0 Å². The normalized spacial score (nSPS) is 24.9. The molecule has 0 amide bonds. The predicted octanol–water partition coefficient (Wildman–Crippen LogP) is 2.17. The molecule has 0 bridgehead atoms. The number of methoxy groups -OCH3 is 1. The summed E-state index contributed by atoms with van der Waals surface area (Å²) < 4.78 is 5.01. The molecule has 0 spiro atoms. The van der Waals surface area contributed by atoms with Crippen LogP contribution in [-0.4, -0.2) is 26.3 Å². The Balaban J connectivity index is 1.70. The van der Waals surface area contributed by atoms with Gasteiger partial charge >= 0.3 is 0 Å². The maximum Gasteiger partial charge on any atom is 0.0587 e. The van der Waals surface area contributed by atoms with Crippen LogP contribution >= 0.6 is 0 Å². The molecular weight excluding hydrogens is 186 g/mol. The van der Waals surface area contributed by atoms with E-state index < -0.39 is 0 Å². The zero-order valence-corrected chi connectivity index (χ0v) is 9.28. The maximum absolute atomic E-state index is 5.01. The fourth-order valence-electron chi connectivity index (χ4n) is 2.15.